The Morgan fingerprint density at radius 1 is 1.07 bits per heavy atom. The minimum Gasteiger partial charge on any atom is -0.497 e. The zero-order valence-corrected chi connectivity index (χ0v) is 16.2. The Kier molecular flexibility index (Phi) is 5.39. The van der Waals surface area contributed by atoms with E-state index in [1.54, 1.807) is 60.2 Å². The predicted octanol–water partition coefficient (Wildman–Crippen LogP) is 3.67. The molecular weight excluding hydrogens is 393 g/mol. The molecule has 0 bridgehead atoms. The Hall–Kier alpha value is -3.46. The standard InChI is InChI=1S/C20H16FN5O2S/c1-28-16-8-6-15(7-9-16)22-19(27)12-29-20-24-23-18-11-10-17(25-26(18)20)13-2-4-14(21)5-3-13/h2-11H,12H2,1H3,(H,22,27). The highest BCUT2D eigenvalue weighted by Gasteiger charge is 2.12. The van der Waals surface area contributed by atoms with Crippen LogP contribution in [0.15, 0.2) is 65.8 Å². The van der Waals surface area contributed by atoms with Crippen LogP contribution in [0.1, 0.15) is 0 Å². The van der Waals surface area contributed by atoms with Gasteiger partial charge in [-0.25, -0.2) is 4.39 Å². The highest BCUT2D eigenvalue weighted by atomic mass is 32.2. The fourth-order valence-corrected chi connectivity index (χ4v) is 3.32. The van der Waals surface area contributed by atoms with Crippen molar-refractivity contribution in [2.45, 2.75) is 5.16 Å². The van der Waals surface area contributed by atoms with Crippen molar-refractivity contribution in [1.29, 1.82) is 0 Å². The second-order valence-corrected chi connectivity index (χ2v) is 6.99. The van der Waals surface area contributed by atoms with Crippen LogP contribution in [-0.2, 0) is 4.79 Å². The molecule has 4 aromatic rings. The Bertz CT molecular complexity index is 1150. The van der Waals surface area contributed by atoms with Crippen LogP contribution in [-0.4, -0.2) is 38.6 Å². The van der Waals surface area contributed by atoms with Crippen LogP contribution < -0.4 is 10.1 Å². The zero-order valence-electron chi connectivity index (χ0n) is 15.4. The maximum Gasteiger partial charge on any atom is 0.234 e. The number of aromatic nitrogens is 4. The number of amides is 1. The first-order valence-electron chi connectivity index (χ1n) is 8.67. The lowest BCUT2D eigenvalue weighted by molar-refractivity contribution is -0.113. The summed E-state index contributed by atoms with van der Waals surface area (Å²) < 4.78 is 19.8. The minimum atomic E-state index is -0.307. The third-order valence-electron chi connectivity index (χ3n) is 4.08. The van der Waals surface area contributed by atoms with Gasteiger partial charge in [-0.3, -0.25) is 4.79 Å². The van der Waals surface area contributed by atoms with E-state index >= 15 is 0 Å². The Morgan fingerprint density at radius 2 is 1.83 bits per heavy atom. The van der Waals surface area contributed by atoms with E-state index in [0.717, 1.165) is 11.3 Å². The molecule has 0 saturated carbocycles. The van der Waals surface area contributed by atoms with Gasteiger partial charge >= 0.3 is 0 Å². The van der Waals surface area contributed by atoms with Crippen molar-refractivity contribution in [3.8, 4) is 17.0 Å². The number of anilines is 1. The molecule has 0 fully saturated rings. The summed E-state index contributed by atoms with van der Waals surface area (Å²) >= 11 is 1.23. The second kappa shape index (κ2) is 8.27. The van der Waals surface area contributed by atoms with Gasteiger partial charge in [0.1, 0.15) is 11.6 Å². The van der Waals surface area contributed by atoms with Gasteiger partial charge in [-0.05, 0) is 60.7 Å². The van der Waals surface area contributed by atoms with E-state index < -0.39 is 0 Å². The summed E-state index contributed by atoms with van der Waals surface area (Å²) in [4.78, 5) is 12.2. The number of nitrogens with one attached hydrogen (secondary N) is 1. The molecule has 1 amide bonds. The zero-order chi connectivity index (χ0) is 20.2. The monoisotopic (exact) mass is 409 g/mol. The van der Waals surface area contributed by atoms with Crippen LogP contribution in [0.5, 0.6) is 5.75 Å². The molecule has 146 valence electrons. The molecule has 4 rings (SSSR count). The summed E-state index contributed by atoms with van der Waals surface area (Å²) in [6.07, 6.45) is 0. The lowest BCUT2D eigenvalue weighted by Crippen LogP contribution is -2.14. The van der Waals surface area contributed by atoms with Crippen LogP contribution >= 0.6 is 11.8 Å². The first kappa shape index (κ1) is 18.9. The number of carbonyl (C=O) groups excluding carboxylic acids is 1. The van der Waals surface area contributed by atoms with Crippen molar-refractivity contribution >= 4 is 29.0 Å². The van der Waals surface area contributed by atoms with E-state index in [0.29, 0.717) is 22.2 Å². The molecule has 0 aliphatic rings. The molecule has 0 aliphatic heterocycles. The van der Waals surface area contributed by atoms with Crippen LogP contribution in [0.4, 0.5) is 10.1 Å². The SMILES string of the molecule is COc1ccc(NC(=O)CSc2nnc3ccc(-c4ccc(F)cc4)nn23)cc1. The van der Waals surface area contributed by atoms with Gasteiger partial charge in [-0.1, -0.05) is 11.8 Å². The fraction of sp³-hybridized carbons (Fsp3) is 0.100. The predicted molar refractivity (Wildman–Crippen MR) is 109 cm³/mol. The maximum atomic E-state index is 13.1. The maximum absolute atomic E-state index is 13.1. The number of benzene rings is 2. The van der Waals surface area contributed by atoms with Crippen LogP contribution in [0.2, 0.25) is 0 Å². The topological polar surface area (TPSA) is 81.4 Å². The largest absolute Gasteiger partial charge is 0.497 e. The van der Waals surface area contributed by atoms with Crippen LogP contribution in [0.3, 0.4) is 0 Å². The molecule has 0 spiro atoms. The quantitative estimate of drug-likeness (QED) is 0.490. The molecule has 29 heavy (non-hydrogen) atoms. The van der Waals surface area contributed by atoms with Crippen LogP contribution in [0.25, 0.3) is 16.9 Å². The smallest absolute Gasteiger partial charge is 0.234 e. The number of hydrogen-bond donors (Lipinski definition) is 1. The molecule has 7 nitrogen and oxygen atoms in total. The van der Waals surface area contributed by atoms with E-state index in [4.69, 9.17) is 4.74 Å². The summed E-state index contributed by atoms with van der Waals surface area (Å²) in [6, 6.07) is 16.7. The number of ether oxygens (including phenoxy) is 1. The number of rotatable bonds is 6. The van der Waals surface area contributed by atoms with E-state index in [9.17, 15) is 9.18 Å². The molecule has 0 atom stereocenters. The van der Waals surface area contributed by atoms with Gasteiger partial charge in [0, 0.05) is 11.3 Å². The minimum absolute atomic E-state index is 0.148. The Balaban J connectivity index is 1.46. The highest BCUT2D eigenvalue weighted by molar-refractivity contribution is 7.99. The number of hydrogen-bond acceptors (Lipinski definition) is 6. The first-order chi connectivity index (χ1) is 14.1. The van der Waals surface area contributed by atoms with E-state index in [1.807, 2.05) is 0 Å². The molecule has 2 aromatic carbocycles. The molecule has 0 unspecified atom stereocenters. The number of halogens is 1. The summed E-state index contributed by atoms with van der Waals surface area (Å²) in [6.45, 7) is 0. The van der Waals surface area contributed by atoms with Crippen molar-refractivity contribution in [1.82, 2.24) is 19.8 Å². The molecule has 1 N–H and O–H groups in total. The molecule has 0 saturated heterocycles. The fourth-order valence-electron chi connectivity index (χ4n) is 2.64. The molecular formula is C20H16FN5O2S. The van der Waals surface area contributed by atoms with Gasteiger partial charge in [0.25, 0.3) is 0 Å². The van der Waals surface area contributed by atoms with E-state index in [1.165, 1.54) is 23.9 Å². The van der Waals surface area contributed by atoms with E-state index in [-0.39, 0.29) is 17.5 Å². The molecule has 0 aliphatic carbocycles. The van der Waals surface area contributed by atoms with Gasteiger partial charge < -0.3 is 10.1 Å². The number of methoxy groups -OCH3 is 1. The lowest BCUT2D eigenvalue weighted by atomic mass is 10.1. The number of nitrogens with zero attached hydrogens (tertiary/aromatic N) is 4. The van der Waals surface area contributed by atoms with Gasteiger partial charge in [0.05, 0.1) is 18.6 Å². The van der Waals surface area contributed by atoms with Gasteiger partial charge in [0.2, 0.25) is 11.1 Å². The van der Waals surface area contributed by atoms with Crippen molar-refractivity contribution in [3.05, 3.63) is 66.5 Å². The summed E-state index contributed by atoms with van der Waals surface area (Å²) in [5, 5.41) is 16.0. The third-order valence-corrected chi connectivity index (χ3v) is 5.00. The normalized spacial score (nSPS) is 10.8. The highest BCUT2D eigenvalue weighted by Crippen LogP contribution is 2.21. The van der Waals surface area contributed by atoms with Crippen molar-refractivity contribution in [2.24, 2.45) is 0 Å². The third kappa shape index (κ3) is 4.35. The molecule has 9 heteroatoms. The lowest BCUT2D eigenvalue weighted by Gasteiger charge is -2.06. The Morgan fingerprint density at radius 3 is 2.55 bits per heavy atom. The van der Waals surface area contributed by atoms with Gasteiger partial charge in [-0.15, -0.1) is 10.2 Å². The number of carbonyl (C=O) groups is 1. The molecule has 0 radical (unpaired) electrons. The average molecular weight is 409 g/mol. The van der Waals surface area contributed by atoms with Gasteiger partial charge in [-0.2, -0.15) is 9.61 Å². The van der Waals surface area contributed by atoms with Crippen molar-refractivity contribution < 1.29 is 13.9 Å². The van der Waals surface area contributed by atoms with Crippen molar-refractivity contribution in [2.75, 3.05) is 18.2 Å². The van der Waals surface area contributed by atoms with E-state index in [2.05, 4.69) is 20.6 Å². The Labute approximate surface area is 169 Å². The number of thioether (sulfide) groups is 1. The summed E-state index contributed by atoms with van der Waals surface area (Å²) in [5.74, 6) is 0.384. The molecule has 2 aromatic heterocycles. The van der Waals surface area contributed by atoms with Gasteiger partial charge in [0.15, 0.2) is 5.65 Å². The van der Waals surface area contributed by atoms with Crippen LogP contribution in [0, 0.1) is 5.82 Å². The average Bonchev–Trinajstić information content (AvgIpc) is 3.15. The first-order valence-corrected chi connectivity index (χ1v) is 9.66. The molecule has 2 heterocycles. The number of fused-ring (bicyclic) bond motifs is 1. The summed E-state index contributed by atoms with van der Waals surface area (Å²) in [7, 11) is 1.59. The van der Waals surface area contributed by atoms with Crippen molar-refractivity contribution in [3.63, 3.8) is 0 Å². The second-order valence-electron chi connectivity index (χ2n) is 6.04. The summed E-state index contributed by atoms with van der Waals surface area (Å²) in [5.41, 5.74) is 2.67.